The van der Waals surface area contributed by atoms with E-state index in [-0.39, 0.29) is 11.8 Å². The molecule has 0 spiro atoms. The average molecular weight is 244 g/mol. The van der Waals surface area contributed by atoms with Crippen LogP contribution in [0.4, 0.5) is 0 Å². The molecule has 0 radical (unpaired) electrons. The van der Waals surface area contributed by atoms with E-state index in [0.29, 0.717) is 0 Å². The summed E-state index contributed by atoms with van der Waals surface area (Å²) >= 11 is 0. The normalized spacial score (nSPS) is 22.8. The minimum absolute atomic E-state index is 0.266. The Kier molecular flexibility index (Phi) is 7.30. The quantitative estimate of drug-likeness (QED) is 0.491. The lowest BCUT2D eigenvalue weighted by Gasteiger charge is -2.21. The molecule has 0 aliphatic rings. The number of aliphatic hydroxyl groups is 4. The SMILES string of the molecule is C=C[C@@H](O)[C@H](C)[C@@H](O)/C=C/[C@H](C)[C@@H](O)[C@@H](C)O. The highest BCUT2D eigenvalue weighted by Gasteiger charge is 2.20. The van der Waals surface area contributed by atoms with Gasteiger partial charge in [-0.25, -0.2) is 0 Å². The Labute approximate surface area is 103 Å². The van der Waals surface area contributed by atoms with Gasteiger partial charge in [-0.1, -0.05) is 32.1 Å². The molecule has 6 atom stereocenters. The van der Waals surface area contributed by atoms with E-state index in [0.717, 1.165) is 0 Å². The molecule has 0 fully saturated rings. The van der Waals surface area contributed by atoms with E-state index in [1.165, 1.54) is 19.1 Å². The Morgan fingerprint density at radius 1 is 0.882 bits per heavy atom. The zero-order valence-electron chi connectivity index (χ0n) is 10.7. The van der Waals surface area contributed by atoms with Crippen molar-refractivity contribution in [2.24, 2.45) is 11.8 Å². The molecule has 0 amide bonds. The third kappa shape index (κ3) is 5.46. The van der Waals surface area contributed by atoms with Crippen molar-refractivity contribution in [2.45, 2.75) is 45.2 Å². The van der Waals surface area contributed by atoms with Gasteiger partial charge in [-0.3, -0.25) is 0 Å². The predicted octanol–water partition coefficient (Wildman–Crippen LogP) is 0.464. The van der Waals surface area contributed by atoms with E-state index in [2.05, 4.69) is 6.58 Å². The number of hydrogen-bond acceptors (Lipinski definition) is 4. The zero-order chi connectivity index (χ0) is 13.6. The maximum Gasteiger partial charge on any atom is 0.0856 e. The fourth-order valence-corrected chi connectivity index (χ4v) is 1.43. The van der Waals surface area contributed by atoms with Gasteiger partial charge >= 0.3 is 0 Å². The molecule has 0 aromatic carbocycles. The first-order valence-corrected chi connectivity index (χ1v) is 5.84. The lowest BCUT2D eigenvalue weighted by Crippen LogP contribution is -2.29. The summed E-state index contributed by atoms with van der Waals surface area (Å²) in [5.41, 5.74) is 0. The fraction of sp³-hybridized carbons (Fsp3) is 0.692. The van der Waals surface area contributed by atoms with Crippen LogP contribution in [0.2, 0.25) is 0 Å². The Bertz CT molecular complexity index is 250. The van der Waals surface area contributed by atoms with Gasteiger partial charge in [-0.15, -0.1) is 6.58 Å². The number of rotatable bonds is 7. The van der Waals surface area contributed by atoms with Crippen molar-refractivity contribution < 1.29 is 20.4 Å². The predicted molar refractivity (Wildman–Crippen MR) is 67.4 cm³/mol. The molecule has 0 aliphatic heterocycles. The van der Waals surface area contributed by atoms with Gasteiger partial charge in [0, 0.05) is 11.8 Å². The first-order valence-electron chi connectivity index (χ1n) is 5.84. The molecule has 0 heterocycles. The molecule has 0 bridgehead atoms. The molecule has 0 rings (SSSR count). The molecule has 0 unspecified atom stereocenters. The van der Waals surface area contributed by atoms with Crippen LogP contribution in [0.5, 0.6) is 0 Å². The molecular formula is C13H24O4. The summed E-state index contributed by atoms with van der Waals surface area (Å²) in [6.45, 7) is 8.41. The molecule has 4 heteroatoms. The van der Waals surface area contributed by atoms with Gasteiger partial charge in [0.15, 0.2) is 0 Å². The van der Waals surface area contributed by atoms with Crippen molar-refractivity contribution in [2.75, 3.05) is 0 Å². The third-order valence-electron chi connectivity index (χ3n) is 2.96. The number of aliphatic hydroxyl groups excluding tert-OH is 4. The highest BCUT2D eigenvalue weighted by Crippen LogP contribution is 2.14. The van der Waals surface area contributed by atoms with E-state index in [1.807, 2.05) is 0 Å². The average Bonchev–Trinajstić information content (AvgIpc) is 2.32. The summed E-state index contributed by atoms with van der Waals surface area (Å²) in [6, 6.07) is 0. The van der Waals surface area contributed by atoms with Crippen LogP contribution >= 0.6 is 0 Å². The van der Waals surface area contributed by atoms with Gasteiger partial charge in [0.2, 0.25) is 0 Å². The van der Waals surface area contributed by atoms with Crippen molar-refractivity contribution in [3.05, 3.63) is 24.8 Å². The molecule has 0 saturated carbocycles. The third-order valence-corrected chi connectivity index (χ3v) is 2.96. The highest BCUT2D eigenvalue weighted by molar-refractivity contribution is 4.99. The van der Waals surface area contributed by atoms with E-state index < -0.39 is 24.4 Å². The van der Waals surface area contributed by atoms with Gasteiger partial charge in [-0.2, -0.15) is 0 Å². The molecule has 0 aliphatic carbocycles. The summed E-state index contributed by atoms with van der Waals surface area (Å²) in [6.07, 6.45) is 1.26. The van der Waals surface area contributed by atoms with E-state index in [9.17, 15) is 20.4 Å². The van der Waals surface area contributed by atoms with Gasteiger partial charge in [0.1, 0.15) is 0 Å². The van der Waals surface area contributed by atoms with Crippen LogP contribution in [-0.4, -0.2) is 44.8 Å². The standard InChI is InChI=1S/C13H24O4/c1-5-11(15)9(3)12(16)7-6-8(2)13(17)10(4)14/h5-17H,1H2,2-4H3/b7-6+/t8-,9-,10+,11+,12-,13+/m0/s1. The van der Waals surface area contributed by atoms with Gasteiger partial charge in [0.25, 0.3) is 0 Å². The van der Waals surface area contributed by atoms with Crippen LogP contribution in [0, 0.1) is 11.8 Å². The second-order valence-corrected chi connectivity index (χ2v) is 4.55. The van der Waals surface area contributed by atoms with Crippen molar-refractivity contribution in [3.8, 4) is 0 Å². The molecule has 0 aromatic rings. The second kappa shape index (κ2) is 7.61. The molecule has 0 saturated heterocycles. The summed E-state index contributed by atoms with van der Waals surface area (Å²) in [7, 11) is 0. The van der Waals surface area contributed by atoms with E-state index in [1.54, 1.807) is 19.9 Å². The number of hydrogen-bond donors (Lipinski definition) is 4. The molecular weight excluding hydrogens is 220 g/mol. The van der Waals surface area contributed by atoms with Gasteiger partial charge < -0.3 is 20.4 Å². The Balaban J connectivity index is 4.36. The molecule has 4 nitrogen and oxygen atoms in total. The van der Waals surface area contributed by atoms with Crippen LogP contribution in [0.3, 0.4) is 0 Å². The monoisotopic (exact) mass is 244 g/mol. The van der Waals surface area contributed by atoms with Crippen molar-refractivity contribution >= 4 is 0 Å². The smallest absolute Gasteiger partial charge is 0.0856 e. The first kappa shape index (κ1) is 16.3. The van der Waals surface area contributed by atoms with Crippen LogP contribution < -0.4 is 0 Å². The largest absolute Gasteiger partial charge is 0.391 e. The van der Waals surface area contributed by atoms with Crippen LogP contribution in [0.25, 0.3) is 0 Å². The van der Waals surface area contributed by atoms with Crippen molar-refractivity contribution in [3.63, 3.8) is 0 Å². The molecule has 4 N–H and O–H groups in total. The summed E-state index contributed by atoms with van der Waals surface area (Å²) < 4.78 is 0. The molecule has 0 aromatic heterocycles. The summed E-state index contributed by atoms with van der Waals surface area (Å²) in [4.78, 5) is 0. The molecule has 100 valence electrons. The van der Waals surface area contributed by atoms with Crippen molar-refractivity contribution in [1.82, 2.24) is 0 Å². The lowest BCUT2D eigenvalue weighted by atomic mass is 9.94. The van der Waals surface area contributed by atoms with Crippen LogP contribution in [-0.2, 0) is 0 Å². The highest BCUT2D eigenvalue weighted by atomic mass is 16.3. The minimum atomic E-state index is -0.863. The minimum Gasteiger partial charge on any atom is -0.391 e. The lowest BCUT2D eigenvalue weighted by molar-refractivity contribution is 0.00919. The Morgan fingerprint density at radius 2 is 1.41 bits per heavy atom. The maximum absolute atomic E-state index is 9.75. The van der Waals surface area contributed by atoms with Gasteiger partial charge in [0.05, 0.1) is 24.4 Å². The topological polar surface area (TPSA) is 80.9 Å². The van der Waals surface area contributed by atoms with E-state index >= 15 is 0 Å². The summed E-state index contributed by atoms with van der Waals surface area (Å²) in [5.74, 6) is -0.627. The summed E-state index contributed by atoms with van der Waals surface area (Å²) in [5, 5.41) is 38.0. The maximum atomic E-state index is 9.75. The van der Waals surface area contributed by atoms with Gasteiger partial charge in [-0.05, 0) is 6.92 Å². The Hall–Kier alpha value is -0.680. The van der Waals surface area contributed by atoms with E-state index in [4.69, 9.17) is 0 Å². The molecule has 17 heavy (non-hydrogen) atoms. The second-order valence-electron chi connectivity index (χ2n) is 4.55. The Morgan fingerprint density at radius 3 is 1.82 bits per heavy atom. The fourth-order valence-electron chi connectivity index (χ4n) is 1.43. The van der Waals surface area contributed by atoms with Crippen LogP contribution in [0.1, 0.15) is 20.8 Å². The van der Waals surface area contributed by atoms with Crippen LogP contribution in [0.15, 0.2) is 24.8 Å². The van der Waals surface area contributed by atoms with Crippen molar-refractivity contribution in [1.29, 1.82) is 0 Å². The zero-order valence-corrected chi connectivity index (χ0v) is 10.7. The first-order chi connectivity index (χ1) is 7.81.